The maximum atomic E-state index is 12.7. The average Bonchev–Trinajstić information content (AvgIpc) is 3.11. The van der Waals surface area contributed by atoms with Gasteiger partial charge >= 0.3 is 0 Å². The number of nitrogens with zero attached hydrogens (tertiary/aromatic N) is 2. The third-order valence-corrected chi connectivity index (χ3v) is 6.33. The smallest absolute Gasteiger partial charge is 0.243 e. The lowest BCUT2D eigenvalue weighted by molar-refractivity contribution is 0.294. The standard InChI is InChI=1S/C18H26N4O2S/c19-11-18(16-9-5-2-6-10-16)21-25(23,24)17-12-20-22(14-17)13-15-7-3-1-4-8-15/h1,3-4,7-8,12,14,16,18,21H,2,5-6,9-11,13,19H2. The maximum absolute atomic E-state index is 12.7. The van der Waals surface area contributed by atoms with Gasteiger partial charge in [0, 0.05) is 18.8 Å². The van der Waals surface area contributed by atoms with Crippen molar-refractivity contribution in [2.75, 3.05) is 6.54 Å². The highest BCUT2D eigenvalue weighted by molar-refractivity contribution is 7.89. The SMILES string of the molecule is NCC(NS(=O)(=O)c1cnn(Cc2ccccc2)c1)C1CCCCC1. The van der Waals surface area contributed by atoms with E-state index < -0.39 is 10.0 Å². The van der Waals surface area contributed by atoms with E-state index in [9.17, 15) is 8.42 Å². The Morgan fingerprint density at radius 1 is 1.20 bits per heavy atom. The van der Waals surface area contributed by atoms with Gasteiger partial charge in [0.25, 0.3) is 0 Å². The molecule has 136 valence electrons. The van der Waals surface area contributed by atoms with Crippen LogP contribution in [0.5, 0.6) is 0 Å². The number of sulfonamides is 1. The number of hydrogen-bond acceptors (Lipinski definition) is 4. The van der Waals surface area contributed by atoms with E-state index in [1.807, 2.05) is 30.3 Å². The molecular formula is C18H26N4O2S. The Kier molecular flexibility index (Phi) is 5.88. The number of nitrogens with one attached hydrogen (secondary N) is 1. The third-order valence-electron chi connectivity index (χ3n) is 4.89. The molecule has 2 aromatic rings. The molecule has 3 N–H and O–H groups in total. The minimum Gasteiger partial charge on any atom is -0.329 e. The molecular weight excluding hydrogens is 336 g/mol. The van der Waals surface area contributed by atoms with Crippen molar-refractivity contribution < 1.29 is 8.42 Å². The van der Waals surface area contributed by atoms with E-state index in [0.717, 1.165) is 31.2 Å². The van der Waals surface area contributed by atoms with Crippen LogP contribution in [0.2, 0.25) is 0 Å². The molecule has 1 unspecified atom stereocenters. The second kappa shape index (κ2) is 8.12. The van der Waals surface area contributed by atoms with Crippen LogP contribution in [0.4, 0.5) is 0 Å². The fourth-order valence-electron chi connectivity index (χ4n) is 3.48. The Hall–Kier alpha value is -1.70. The third kappa shape index (κ3) is 4.68. The molecule has 1 aliphatic carbocycles. The van der Waals surface area contributed by atoms with E-state index in [-0.39, 0.29) is 10.9 Å². The van der Waals surface area contributed by atoms with Crippen LogP contribution < -0.4 is 10.5 Å². The van der Waals surface area contributed by atoms with E-state index in [2.05, 4.69) is 9.82 Å². The highest BCUT2D eigenvalue weighted by Gasteiger charge is 2.28. The summed E-state index contributed by atoms with van der Waals surface area (Å²) in [5.74, 6) is 0.327. The van der Waals surface area contributed by atoms with Gasteiger partial charge in [-0.25, -0.2) is 13.1 Å². The van der Waals surface area contributed by atoms with Crippen LogP contribution in [0.15, 0.2) is 47.6 Å². The Balaban J connectivity index is 1.69. The van der Waals surface area contributed by atoms with Crippen molar-refractivity contribution in [3.05, 3.63) is 48.3 Å². The maximum Gasteiger partial charge on any atom is 0.243 e. The fourth-order valence-corrected chi connectivity index (χ4v) is 4.75. The predicted molar refractivity (Wildman–Crippen MR) is 97.5 cm³/mol. The molecule has 1 aromatic carbocycles. The van der Waals surface area contributed by atoms with E-state index in [1.165, 1.54) is 12.6 Å². The van der Waals surface area contributed by atoms with E-state index in [4.69, 9.17) is 5.73 Å². The minimum atomic E-state index is -3.61. The molecule has 1 heterocycles. The van der Waals surface area contributed by atoms with Crippen LogP contribution >= 0.6 is 0 Å². The van der Waals surface area contributed by atoms with Crippen LogP contribution in [0.1, 0.15) is 37.7 Å². The zero-order chi connectivity index (χ0) is 17.7. The van der Waals surface area contributed by atoms with Gasteiger partial charge in [-0.05, 0) is 24.3 Å². The molecule has 0 amide bonds. The Bertz CT molecular complexity index is 767. The first kappa shape index (κ1) is 18.1. The van der Waals surface area contributed by atoms with Crippen LogP contribution in [0.3, 0.4) is 0 Å². The number of benzene rings is 1. The summed E-state index contributed by atoms with van der Waals surface area (Å²) in [6.45, 7) is 0.862. The molecule has 7 heteroatoms. The van der Waals surface area contributed by atoms with Gasteiger partial charge in [-0.1, -0.05) is 49.6 Å². The van der Waals surface area contributed by atoms with Gasteiger partial charge in [-0.2, -0.15) is 5.10 Å². The van der Waals surface area contributed by atoms with Crippen molar-refractivity contribution in [2.45, 2.75) is 49.6 Å². The summed E-state index contributed by atoms with van der Waals surface area (Å²) in [7, 11) is -3.61. The molecule has 1 atom stereocenters. The van der Waals surface area contributed by atoms with Gasteiger partial charge in [-0.3, -0.25) is 4.68 Å². The normalized spacial score (nSPS) is 17.5. The summed E-state index contributed by atoms with van der Waals surface area (Å²) in [5, 5.41) is 4.19. The molecule has 25 heavy (non-hydrogen) atoms. The average molecular weight is 362 g/mol. The summed E-state index contributed by atoms with van der Waals surface area (Å²) in [6.07, 6.45) is 8.58. The first-order chi connectivity index (χ1) is 12.1. The largest absolute Gasteiger partial charge is 0.329 e. The van der Waals surface area contributed by atoms with Crippen LogP contribution in [-0.2, 0) is 16.6 Å². The molecule has 6 nitrogen and oxygen atoms in total. The summed E-state index contributed by atoms with van der Waals surface area (Å²) in [6, 6.07) is 9.62. The molecule has 0 saturated heterocycles. The van der Waals surface area contributed by atoms with E-state index in [0.29, 0.717) is 19.0 Å². The topological polar surface area (TPSA) is 90.0 Å². The van der Waals surface area contributed by atoms with Crippen molar-refractivity contribution in [1.29, 1.82) is 0 Å². The highest BCUT2D eigenvalue weighted by atomic mass is 32.2. The molecule has 0 spiro atoms. The zero-order valence-electron chi connectivity index (χ0n) is 14.3. The minimum absolute atomic E-state index is 0.192. The Labute approximate surface area is 149 Å². The van der Waals surface area contributed by atoms with Gasteiger partial charge in [0.05, 0.1) is 12.7 Å². The number of hydrogen-bond donors (Lipinski definition) is 2. The van der Waals surface area contributed by atoms with Crippen LogP contribution in [-0.4, -0.2) is 30.8 Å². The van der Waals surface area contributed by atoms with Gasteiger partial charge in [0.15, 0.2) is 0 Å². The molecule has 0 aliphatic heterocycles. The second-order valence-corrected chi connectivity index (χ2v) is 8.43. The Morgan fingerprint density at radius 3 is 2.60 bits per heavy atom. The van der Waals surface area contributed by atoms with Gasteiger partial charge in [-0.15, -0.1) is 0 Å². The number of rotatable bonds is 7. The van der Waals surface area contributed by atoms with E-state index in [1.54, 1.807) is 10.9 Å². The monoisotopic (exact) mass is 362 g/mol. The fraction of sp³-hybridized carbons (Fsp3) is 0.500. The van der Waals surface area contributed by atoms with E-state index >= 15 is 0 Å². The first-order valence-electron chi connectivity index (χ1n) is 8.87. The zero-order valence-corrected chi connectivity index (χ0v) is 15.2. The number of aromatic nitrogens is 2. The molecule has 0 radical (unpaired) electrons. The summed E-state index contributed by atoms with van der Waals surface area (Å²) in [5.41, 5.74) is 6.92. The molecule has 1 aliphatic rings. The lowest BCUT2D eigenvalue weighted by Crippen LogP contribution is -2.45. The molecule has 1 saturated carbocycles. The van der Waals surface area contributed by atoms with Crippen molar-refractivity contribution in [3.63, 3.8) is 0 Å². The van der Waals surface area contributed by atoms with Crippen molar-refractivity contribution in [1.82, 2.24) is 14.5 Å². The summed E-state index contributed by atoms with van der Waals surface area (Å²) in [4.78, 5) is 0.192. The highest BCUT2D eigenvalue weighted by Crippen LogP contribution is 2.27. The van der Waals surface area contributed by atoms with Crippen LogP contribution in [0, 0.1) is 5.92 Å². The Morgan fingerprint density at radius 2 is 1.92 bits per heavy atom. The van der Waals surface area contributed by atoms with Gasteiger partial charge in [0.2, 0.25) is 10.0 Å². The van der Waals surface area contributed by atoms with Crippen LogP contribution in [0.25, 0.3) is 0 Å². The van der Waals surface area contributed by atoms with Crippen molar-refractivity contribution in [2.24, 2.45) is 11.7 Å². The first-order valence-corrected chi connectivity index (χ1v) is 10.4. The summed E-state index contributed by atoms with van der Waals surface area (Å²) < 4.78 is 29.8. The molecule has 1 aromatic heterocycles. The lowest BCUT2D eigenvalue weighted by Gasteiger charge is -2.29. The van der Waals surface area contributed by atoms with Crippen molar-refractivity contribution in [3.8, 4) is 0 Å². The number of nitrogens with two attached hydrogens (primary N) is 1. The van der Waals surface area contributed by atoms with Crippen molar-refractivity contribution >= 4 is 10.0 Å². The predicted octanol–water partition coefficient (Wildman–Crippen LogP) is 2.12. The summed E-state index contributed by atoms with van der Waals surface area (Å²) >= 11 is 0. The quantitative estimate of drug-likeness (QED) is 0.789. The lowest BCUT2D eigenvalue weighted by atomic mass is 9.84. The van der Waals surface area contributed by atoms with Gasteiger partial charge < -0.3 is 5.73 Å². The van der Waals surface area contributed by atoms with Gasteiger partial charge in [0.1, 0.15) is 4.90 Å². The molecule has 1 fully saturated rings. The molecule has 0 bridgehead atoms. The molecule has 3 rings (SSSR count). The second-order valence-electron chi connectivity index (χ2n) is 6.72.